The molecule has 0 aromatic heterocycles. The van der Waals surface area contributed by atoms with Crippen LogP contribution >= 0.6 is 0 Å². The van der Waals surface area contributed by atoms with Crippen molar-refractivity contribution in [3.05, 3.63) is 59.4 Å². The number of methoxy groups -OCH3 is 1. The van der Waals surface area contributed by atoms with Gasteiger partial charge >= 0.3 is 0 Å². The molecule has 0 saturated carbocycles. The Labute approximate surface area is 126 Å². The Bertz CT molecular complexity index is 658. The Morgan fingerprint density at radius 2 is 2.05 bits per heavy atom. The molecule has 2 unspecified atom stereocenters. The predicted molar refractivity (Wildman–Crippen MR) is 82.1 cm³/mol. The minimum Gasteiger partial charge on any atom is -0.496 e. The van der Waals surface area contributed by atoms with Crippen LogP contribution in [0.4, 0.5) is 4.39 Å². The van der Waals surface area contributed by atoms with Crippen molar-refractivity contribution < 1.29 is 13.3 Å². The van der Waals surface area contributed by atoms with E-state index in [1.165, 1.54) is 12.1 Å². The molecule has 2 aromatic carbocycles. The highest BCUT2D eigenvalue weighted by atomic mass is 32.2. The highest BCUT2D eigenvalue weighted by Gasteiger charge is 2.12. The summed E-state index contributed by atoms with van der Waals surface area (Å²) in [6.45, 7) is 1.88. The second kappa shape index (κ2) is 6.83. The third-order valence-corrected chi connectivity index (χ3v) is 4.53. The zero-order valence-corrected chi connectivity index (χ0v) is 12.8. The van der Waals surface area contributed by atoms with Gasteiger partial charge in [0.15, 0.2) is 0 Å². The first-order chi connectivity index (χ1) is 10.0. The SMILES string of the molecule is COc1ccc(C(C)N)cc1CS(=O)c1cccc(F)c1. The number of ether oxygens (including phenoxy) is 1. The molecule has 2 aromatic rings. The van der Waals surface area contributed by atoms with E-state index < -0.39 is 16.6 Å². The number of halogens is 1. The molecule has 0 bridgehead atoms. The van der Waals surface area contributed by atoms with Gasteiger partial charge in [0.25, 0.3) is 0 Å². The molecule has 0 aliphatic heterocycles. The summed E-state index contributed by atoms with van der Waals surface area (Å²) in [5.74, 6) is 0.522. The molecule has 0 amide bonds. The van der Waals surface area contributed by atoms with Crippen molar-refractivity contribution in [2.45, 2.75) is 23.6 Å². The molecule has 0 aliphatic carbocycles. The molecule has 2 rings (SSSR count). The molecule has 0 fully saturated rings. The van der Waals surface area contributed by atoms with Gasteiger partial charge in [-0.2, -0.15) is 0 Å². The minimum atomic E-state index is -1.34. The van der Waals surface area contributed by atoms with E-state index in [9.17, 15) is 8.60 Å². The molecule has 5 heteroatoms. The second-order valence-electron chi connectivity index (χ2n) is 4.81. The van der Waals surface area contributed by atoms with E-state index in [4.69, 9.17) is 10.5 Å². The highest BCUT2D eigenvalue weighted by Crippen LogP contribution is 2.25. The van der Waals surface area contributed by atoms with Crippen molar-refractivity contribution >= 4 is 10.8 Å². The van der Waals surface area contributed by atoms with Crippen LogP contribution in [-0.4, -0.2) is 11.3 Å². The maximum atomic E-state index is 13.2. The van der Waals surface area contributed by atoms with Gasteiger partial charge in [0.1, 0.15) is 11.6 Å². The topological polar surface area (TPSA) is 52.3 Å². The van der Waals surface area contributed by atoms with Crippen LogP contribution in [0.5, 0.6) is 5.75 Å². The molecule has 21 heavy (non-hydrogen) atoms. The molecule has 0 aliphatic rings. The summed E-state index contributed by atoms with van der Waals surface area (Å²) in [7, 11) is 0.226. The van der Waals surface area contributed by atoms with Gasteiger partial charge in [-0.3, -0.25) is 4.21 Å². The zero-order chi connectivity index (χ0) is 15.4. The quantitative estimate of drug-likeness (QED) is 0.923. The van der Waals surface area contributed by atoms with Gasteiger partial charge in [0, 0.05) is 16.5 Å². The summed E-state index contributed by atoms with van der Waals surface area (Å²) in [4.78, 5) is 0.461. The van der Waals surface area contributed by atoms with Crippen LogP contribution < -0.4 is 10.5 Å². The van der Waals surface area contributed by atoms with Crippen LogP contribution in [0.3, 0.4) is 0 Å². The van der Waals surface area contributed by atoms with E-state index in [2.05, 4.69) is 0 Å². The fourth-order valence-electron chi connectivity index (χ4n) is 2.03. The van der Waals surface area contributed by atoms with Crippen molar-refractivity contribution in [1.29, 1.82) is 0 Å². The second-order valence-corrected chi connectivity index (χ2v) is 6.26. The first-order valence-corrected chi connectivity index (χ1v) is 7.89. The number of rotatable bonds is 5. The monoisotopic (exact) mass is 307 g/mol. The summed E-state index contributed by atoms with van der Waals surface area (Å²) in [5.41, 5.74) is 7.62. The Balaban J connectivity index is 2.29. The first kappa shape index (κ1) is 15.7. The molecule has 2 N–H and O–H groups in total. The first-order valence-electron chi connectivity index (χ1n) is 6.57. The normalized spacial score (nSPS) is 13.7. The molecule has 0 spiro atoms. The number of hydrogen-bond donors (Lipinski definition) is 1. The maximum absolute atomic E-state index is 13.2. The van der Waals surface area contributed by atoms with Crippen LogP contribution in [0.25, 0.3) is 0 Å². The van der Waals surface area contributed by atoms with Crippen LogP contribution in [0.2, 0.25) is 0 Å². The Morgan fingerprint density at radius 3 is 2.67 bits per heavy atom. The summed E-state index contributed by atoms with van der Waals surface area (Å²) in [6.07, 6.45) is 0. The fraction of sp³-hybridized carbons (Fsp3) is 0.250. The molecule has 0 radical (unpaired) electrons. The lowest BCUT2D eigenvalue weighted by Gasteiger charge is -2.12. The van der Waals surface area contributed by atoms with Crippen LogP contribution in [-0.2, 0) is 16.6 Å². The maximum Gasteiger partial charge on any atom is 0.124 e. The van der Waals surface area contributed by atoms with Crippen molar-refractivity contribution in [1.82, 2.24) is 0 Å². The van der Waals surface area contributed by atoms with Gasteiger partial charge in [0.2, 0.25) is 0 Å². The van der Waals surface area contributed by atoms with Gasteiger partial charge in [-0.1, -0.05) is 12.1 Å². The number of benzene rings is 2. The van der Waals surface area contributed by atoms with E-state index >= 15 is 0 Å². The van der Waals surface area contributed by atoms with Crippen molar-refractivity contribution in [2.75, 3.05) is 7.11 Å². The molecule has 112 valence electrons. The predicted octanol–water partition coefficient (Wildman–Crippen LogP) is 3.16. The summed E-state index contributed by atoms with van der Waals surface area (Å²) < 4.78 is 30.9. The van der Waals surface area contributed by atoms with Crippen LogP contribution in [0, 0.1) is 5.82 Å². The van der Waals surface area contributed by atoms with E-state index in [-0.39, 0.29) is 11.8 Å². The van der Waals surface area contributed by atoms with Crippen LogP contribution in [0.15, 0.2) is 47.4 Å². The molecule has 3 nitrogen and oxygen atoms in total. The Hall–Kier alpha value is -1.72. The molecular formula is C16H18FNO2S. The van der Waals surface area contributed by atoms with Crippen molar-refractivity contribution in [3.8, 4) is 5.75 Å². The summed E-state index contributed by atoms with van der Waals surface area (Å²) in [5, 5.41) is 0. The fourth-order valence-corrected chi connectivity index (χ4v) is 3.18. The smallest absolute Gasteiger partial charge is 0.124 e. The van der Waals surface area contributed by atoms with E-state index in [0.29, 0.717) is 10.6 Å². The largest absolute Gasteiger partial charge is 0.496 e. The third-order valence-electron chi connectivity index (χ3n) is 3.18. The van der Waals surface area contributed by atoms with E-state index in [1.807, 2.05) is 25.1 Å². The third kappa shape index (κ3) is 3.89. The van der Waals surface area contributed by atoms with Gasteiger partial charge in [-0.05, 0) is 42.8 Å². The lowest BCUT2D eigenvalue weighted by Crippen LogP contribution is -2.07. The Morgan fingerprint density at radius 1 is 1.29 bits per heavy atom. The Kier molecular flexibility index (Phi) is 5.09. The molecule has 2 atom stereocenters. The average molecular weight is 307 g/mol. The molecule has 0 saturated heterocycles. The van der Waals surface area contributed by atoms with E-state index in [0.717, 1.165) is 11.1 Å². The average Bonchev–Trinajstić information content (AvgIpc) is 2.47. The van der Waals surface area contributed by atoms with E-state index in [1.54, 1.807) is 19.2 Å². The standard InChI is InChI=1S/C16H18FNO2S/c1-11(18)12-6-7-16(20-2)13(8-12)10-21(19)15-5-3-4-14(17)9-15/h3-9,11H,10,18H2,1-2H3. The highest BCUT2D eigenvalue weighted by molar-refractivity contribution is 7.84. The number of hydrogen-bond acceptors (Lipinski definition) is 3. The molecule has 0 heterocycles. The van der Waals surface area contributed by atoms with Gasteiger partial charge in [0.05, 0.1) is 23.7 Å². The van der Waals surface area contributed by atoms with Crippen molar-refractivity contribution in [3.63, 3.8) is 0 Å². The lowest BCUT2D eigenvalue weighted by atomic mass is 10.1. The summed E-state index contributed by atoms with van der Waals surface area (Å²) >= 11 is 0. The minimum absolute atomic E-state index is 0.114. The zero-order valence-electron chi connectivity index (χ0n) is 12.0. The van der Waals surface area contributed by atoms with Crippen LogP contribution in [0.1, 0.15) is 24.1 Å². The van der Waals surface area contributed by atoms with Gasteiger partial charge in [-0.15, -0.1) is 0 Å². The van der Waals surface area contributed by atoms with Gasteiger partial charge in [-0.25, -0.2) is 4.39 Å². The van der Waals surface area contributed by atoms with Gasteiger partial charge < -0.3 is 10.5 Å². The summed E-state index contributed by atoms with van der Waals surface area (Å²) in [6, 6.07) is 11.3. The van der Waals surface area contributed by atoms with Crippen molar-refractivity contribution in [2.24, 2.45) is 5.73 Å². The molecular weight excluding hydrogens is 289 g/mol. The number of nitrogens with two attached hydrogens (primary N) is 1. The lowest BCUT2D eigenvalue weighted by molar-refractivity contribution is 0.411.